The van der Waals surface area contributed by atoms with Crippen LogP contribution in [-0.2, 0) is 4.79 Å². The Balaban J connectivity index is 2.03. The van der Waals surface area contributed by atoms with Gasteiger partial charge < -0.3 is 24.8 Å². The summed E-state index contributed by atoms with van der Waals surface area (Å²) in [7, 11) is 0. The number of benzene rings is 2. The fourth-order valence-corrected chi connectivity index (χ4v) is 2.35. The number of hydrogen-bond acceptors (Lipinski definition) is 6. The number of carboxylic acids is 1. The predicted octanol–water partition coefficient (Wildman–Crippen LogP) is 1.57. The van der Waals surface area contributed by atoms with Gasteiger partial charge in [0.1, 0.15) is 28.6 Å². The molecule has 23 heavy (non-hydrogen) atoms. The van der Waals surface area contributed by atoms with Crippen LogP contribution in [0.3, 0.4) is 0 Å². The number of aromatic hydroxyl groups is 2. The fourth-order valence-electron chi connectivity index (χ4n) is 2.35. The smallest absolute Gasteiger partial charge is 0.349 e. The summed E-state index contributed by atoms with van der Waals surface area (Å²) in [4.78, 5) is 24.0. The van der Waals surface area contributed by atoms with E-state index in [0.717, 1.165) is 12.1 Å². The highest BCUT2D eigenvalue weighted by Crippen LogP contribution is 2.38. The first-order chi connectivity index (χ1) is 11.0. The monoisotopic (exact) mass is 316 g/mol. The second kappa shape index (κ2) is 5.53. The number of Topliss-reactive ketones (excluding diaryl/α,β-unsaturated/α-hetero) is 1. The molecule has 0 saturated carbocycles. The van der Waals surface area contributed by atoms with E-state index in [0.29, 0.717) is 5.75 Å². The highest BCUT2D eigenvalue weighted by Gasteiger charge is 2.45. The van der Waals surface area contributed by atoms with Crippen LogP contribution in [0.4, 0.5) is 0 Å². The van der Waals surface area contributed by atoms with Crippen LogP contribution in [0.1, 0.15) is 10.4 Å². The summed E-state index contributed by atoms with van der Waals surface area (Å²) < 4.78 is 10.7. The van der Waals surface area contributed by atoms with Crippen molar-refractivity contribution in [2.45, 2.75) is 12.2 Å². The van der Waals surface area contributed by atoms with E-state index in [4.69, 9.17) is 9.47 Å². The standard InChI is InChI=1S/C16H12O7/c17-8-6-10(18)12-11(7-8)23-15(16(20)21)14(13(12)19)22-9-4-2-1-3-5-9/h1-7,14-15,17-18H,(H,20,21). The Morgan fingerprint density at radius 2 is 1.83 bits per heavy atom. The van der Waals surface area contributed by atoms with Crippen LogP contribution in [0, 0.1) is 0 Å². The molecule has 3 N–H and O–H groups in total. The number of carboxylic acid groups (broad SMARTS) is 1. The first kappa shape index (κ1) is 14.7. The van der Waals surface area contributed by atoms with E-state index in [1.54, 1.807) is 30.3 Å². The number of aliphatic carboxylic acids is 1. The van der Waals surface area contributed by atoms with Gasteiger partial charge in [0, 0.05) is 12.1 Å². The summed E-state index contributed by atoms with van der Waals surface area (Å²) in [6, 6.07) is 10.3. The quantitative estimate of drug-likeness (QED) is 0.787. The van der Waals surface area contributed by atoms with Crippen molar-refractivity contribution in [2.24, 2.45) is 0 Å². The Kier molecular flexibility index (Phi) is 3.53. The lowest BCUT2D eigenvalue weighted by Crippen LogP contribution is -2.50. The molecular formula is C16H12O7. The van der Waals surface area contributed by atoms with Gasteiger partial charge in [-0.2, -0.15) is 0 Å². The van der Waals surface area contributed by atoms with E-state index in [-0.39, 0.29) is 17.1 Å². The number of carbonyl (C=O) groups excluding carboxylic acids is 1. The predicted molar refractivity (Wildman–Crippen MR) is 77.0 cm³/mol. The van der Waals surface area contributed by atoms with Gasteiger partial charge in [0.2, 0.25) is 18.0 Å². The number of phenolic OH excluding ortho intramolecular Hbond substituents is 2. The van der Waals surface area contributed by atoms with Gasteiger partial charge in [0.25, 0.3) is 0 Å². The van der Waals surface area contributed by atoms with E-state index in [2.05, 4.69) is 0 Å². The lowest BCUT2D eigenvalue weighted by atomic mass is 9.96. The van der Waals surface area contributed by atoms with Crippen LogP contribution in [0.25, 0.3) is 0 Å². The number of ketones is 1. The minimum absolute atomic E-state index is 0.201. The maximum atomic E-state index is 12.6. The van der Waals surface area contributed by atoms with Gasteiger partial charge in [-0.05, 0) is 12.1 Å². The summed E-state index contributed by atoms with van der Waals surface area (Å²) >= 11 is 0. The van der Waals surface area contributed by atoms with Crippen molar-refractivity contribution in [1.29, 1.82) is 0 Å². The molecule has 7 heteroatoms. The molecule has 1 heterocycles. The molecule has 0 aliphatic carbocycles. The van der Waals surface area contributed by atoms with Crippen molar-refractivity contribution in [3.05, 3.63) is 48.0 Å². The number of rotatable bonds is 3. The van der Waals surface area contributed by atoms with Crippen LogP contribution in [-0.4, -0.2) is 39.3 Å². The highest BCUT2D eigenvalue weighted by molar-refractivity contribution is 6.08. The topological polar surface area (TPSA) is 113 Å². The highest BCUT2D eigenvalue weighted by atomic mass is 16.6. The van der Waals surface area contributed by atoms with Gasteiger partial charge in [-0.25, -0.2) is 4.79 Å². The minimum atomic E-state index is -1.60. The molecule has 2 atom stereocenters. The van der Waals surface area contributed by atoms with Crippen molar-refractivity contribution in [1.82, 2.24) is 0 Å². The van der Waals surface area contributed by atoms with Crippen LogP contribution >= 0.6 is 0 Å². The van der Waals surface area contributed by atoms with Gasteiger partial charge in [0.05, 0.1) is 0 Å². The van der Waals surface area contributed by atoms with Gasteiger partial charge in [0.15, 0.2) is 0 Å². The molecule has 2 unspecified atom stereocenters. The van der Waals surface area contributed by atoms with Crippen LogP contribution in [0.15, 0.2) is 42.5 Å². The lowest BCUT2D eigenvalue weighted by molar-refractivity contribution is -0.148. The summed E-state index contributed by atoms with van der Waals surface area (Å²) in [5, 5.41) is 28.6. The molecule has 1 aliphatic heterocycles. The van der Waals surface area contributed by atoms with Crippen molar-refractivity contribution in [3.63, 3.8) is 0 Å². The van der Waals surface area contributed by atoms with Crippen molar-refractivity contribution in [3.8, 4) is 23.0 Å². The zero-order chi connectivity index (χ0) is 16.6. The fraction of sp³-hybridized carbons (Fsp3) is 0.125. The number of ether oxygens (including phenoxy) is 2. The summed E-state index contributed by atoms with van der Waals surface area (Å²) in [6.45, 7) is 0. The third-order valence-electron chi connectivity index (χ3n) is 3.35. The zero-order valence-corrected chi connectivity index (χ0v) is 11.7. The van der Waals surface area contributed by atoms with Crippen LogP contribution < -0.4 is 9.47 Å². The Morgan fingerprint density at radius 3 is 2.48 bits per heavy atom. The number of carbonyl (C=O) groups is 2. The van der Waals surface area contributed by atoms with Gasteiger partial charge in [-0.15, -0.1) is 0 Å². The molecule has 7 nitrogen and oxygen atoms in total. The molecule has 0 spiro atoms. The molecular weight excluding hydrogens is 304 g/mol. The molecule has 0 amide bonds. The Labute approximate surface area is 130 Å². The molecule has 3 rings (SSSR count). The molecule has 0 radical (unpaired) electrons. The average molecular weight is 316 g/mol. The third-order valence-corrected chi connectivity index (χ3v) is 3.35. The molecule has 118 valence electrons. The maximum absolute atomic E-state index is 12.6. The second-order valence-electron chi connectivity index (χ2n) is 4.93. The molecule has 0 saturated heterocycles. The SMILES string of the molecule is O=C(O)C1Oc2cc(O)cc(O)c2C(=O)C1Oc1ccccc1. The van der Waals surface area contributed by atoms with E-state index in [1.807, 2.05) is 0 Å². The van der Waals surface area contributed by atoms with Gasteiger partial charge in [-0.3, -0.25) is 4.79 Å². The van der Waals surface area contributed by atoms with Crippen molar-refractivity contribution < 1.29 is 34.4 Å². The van der Waals surface area contributed by atoms with Gasteiger partial charge >= 0.3 is 5.97 Å². The third kappa shape index (κ3) is 2.64. The molecule has 0 aromatic heterocycles. The van der Waals surface area contributed by atoms with E-state index in [1.165, 1.54) is 0 Å². The van der Waals surface area contributed by atoms with Gasteiger partial charge in [-0.1, -0.05) is 18.2 Å². The summed E-state index contributed by atoms with van der Waals surface area (Å²) in [6.07, 6.45) is -3.06. The summed E-state index contributed by atoms with van der Waals surface area (Å²) in [5.41, 5.74) is -0.221. The summed E-state index contributed by atoms with van der Waals surface area (Å²) in [5.74, 6) is -2.89. The Hall–Kier alpha value is -3.22. The second-order valence-corrected chi connectivity index (χ2v) is 4.93. The number of para-hydroxylation sites is 1. The van der Waals surface area contributed by atoms with Crippen LogP contribution in [0.2, 0.25) is 0 Å². The lowest BCUT2D eigenvalue weighted by Gasteiger charge is -2.30. The molecule has 0 bridgehead atoms. The van der Waals surface area contributed by atoms with Crippen molar-refractivity contribution >= 4 is 11.8 Å². The normalized spacial score (nSPS) is 19.6. The minimum Gasteiger partial charge on any atom is -0.508 e. The van der Waals surface area contributed by atoms with E-state index < -0.39 is 29.7 Å². The molecule has 0 fully saturated rings. The molecule has 2 aromatic rings. The Morgan fingerprint density at radius 1 is 1.13 bits per heavy atom. The average Bonchev–Trinajstić information content (AvgIpc) is 2.50. The number of fused-ring (bicyclic) bond motifs is 1. The van der Waals surface area contributed by atoms with E-state index >= 15 is 0 Å². The number of hydrogen-bond donors (Lipinski definition) is 3. The first-order valence-corrected chi connectivity index (χ1v) is 6.68. The zero-order valence-electron chi connectivity index (χ0n) is 11.7. The first-order valence-electron chi connectivity index (χ1n) is 6.68. The Bertz CT molecular complexity index is 769. The largest absolute Gasteiger partial charge is 0.508 e. The number of phenols is 2. The van der Waals surface area contributed by atoms with Crippen molar-refractivity contribution in [2.75, 3.05) is 0 Å². The molecule has 2 aromatic carbocycles. The van der Waals surface area contributed by atoms with Crippen LogP contribution in [0.5, 0.6) is 23.0 Å². The molecule has 1 aliphatic rings. The van der Waals surface area contributed by atoms with E-state index in [9.17, 15) is 24.9 Å². The maximum Gasteiger partial charge on any atom is 0.349 e.